The lowest BCUT2D eigenvalue weighted by molar-refractivity contribution is -0.116. The maximum atomic E-state index is 12.2. The molecule has 0 bridgehead atoms. The number of rotatable bonds is 6. The number of nitrogens with zero attached hydrogens (tertiary/aromatic N) is 5. The number of imidazole rings is 1. The van der Waals surface area contributed by atoms with Crippen molar-refractivity contribution in [2.24, 2.45) is 5.92 Å². The van der Waals surface area contributed by atoms with Crippen LogP contribution < -0.4 is 5.32 Å². The molecule has 1 aromatic carbocycles. The third kappa shape index (κ3) is 4.35. The van der Waals surface area contributed by atoms with Crippen molar-refractivity contribution in [2.75, 3.05) is 5.32 Å². The largest absolute Gasteiger partial charge is 0.353 e. The topological polar surface area (TPSA) is 117 Å². The van der Waals surface area contributed by atoms with Crippen molar-refractivity contribution >= 4 is 33.4 Å². The van der Waals surface area contributed by atoms with Crippen molar-refractivity contribution in [2.45, 2.75) is 27.2 Å². The number of anilines is 1. The van der Waals surface area contributed by atoms with Gasteiger partial charge >= 0.3 is 0 Å². The van der Waals surface area contributed by atoms with Gasteiger partial charge in [-0.15, -0.1) is 0 Å². The number of aromatic amines is 2. The van der Waals surface area contributed by atoms with E-state index in [2.05, 4.69) is 53.6 Å². The fourth-order valence-corrected chi connectivity index (χ4v) is 4.56. The first kappa shape index (κ1) is 22.7. The minimum atomic E-state index is -0.0292. The second-order valence-corrected chi connectivity index (χ2v) is 9.64. The van der Waals surface area contributed by atoms with Crippen molar-refractivity contribution in [1.29, 1.82) is 0 Å². The Bertz CT molecular complexity index is 1760. The highest BCUT2D eigenvalue weighted by atomic mass is 16.1. The molecule has 9 heteroatoms. The summed E-state index contributed by atoms with van der Waals surface area (Å²) in [4.78, 5) is 29.0. The van der Waals surface area contributed by atoms with Crippen LogP contribution in [-0.4, -0.2) is 40.6 Å². The van der Waals surface area contributed by atoms with Gasteiger partial charge in [0, 0.05) is 40.7 Å². The summed E-state index contributed by atoms with van der Waals surface area (Å²) in [5.74, 6) is 0.253. The molecule has 0 saturated heterocycles. The smallest absolute Gasteiger partial charge is 0.224 e. The average molecular weight is 491 g/mol. The van der Waals surface area contributed by atoms with Gasteiger partial charge in [-0.3, -0.25) is 19.9 Å². The number of carbonyl (C=O) groups excluding carboxylic acids is 1. The number of amides is 1. The molecular weight excluding hydrogens is 464 g/mol. The van der Waals surface area contributed by atoms with Gasteiger partial charge in [0.25, 0.3) is 0 Å². The van der Waals surface area contributed by atoms with Crippen LogP contribution >= 0.6 is 0 Å². The monoisotopic (exact) mass is 490 g/mol. The molecule has 0 unspecified atom stereocenters. The van der Waals surface area contributed by atoms with E-state index in [-0.39, 0.29) is 11.8 Å². The molecule has 3 N–H and O–H groups in total. The molecule has 0 radical (unpaired) electrons. The summed E-state index contributed by atoms with van der Waals surface area (Å²) in [5.41, 5.74) is 7.76. The van der Waals surface area contributed by atoms with Crippen LogP contribution in [0, 0.1) is 12.8 Å². The second kappa shape index (κ2) is 9.02. The molecule has 5 aromatic heterocycles. The summed E-state index contributed by atoms with van der Waals surface area (Å²) < 4.78 is 2.03. The highest BCUT2D eigenvalue weighted by Gasteiger charge is 2.15. The Hall–Kier alpha value is -4.79. The molecule has 0 aliphatic carbocycles. The SMILES string of the molecule is Cc1cn(-c2cccc3[nH]c(-c4n[nH]c5cnc(-c6cncc(NC(=O)CC(C)C)c6)cc45)cc23)cn1. The Morgan fingerprint density at radius 3 is 2.76 bits per heavy atom. The van der Waals surface area contributed by atoms with Crippen LogP contribution in [0.5, 0.6) is 0 Å². The fraction of sp³-hybridized carbons (Fsp3) is 0.179. The van der Waals surface area contributed by atoms with Crippen LogP contribution in [0.4, 0.5) is 5.69 Å². The van der Waals surface area contributed by atoms with E-state index in [4.69, 9.17) is 0 Å². The zero-order valence-corrected chi connectivity index (χ0v) is 20.8. The number of H-pyrrole nitrogens is 2. The van der Waals surface area contributed by atoms with Crippen LogP contribution in [0.1, 0.15) is 26.0 Å². The summed E-state index contributed by atoms with van der Waals surface area (Å²) in [6.07, 6.45) is 9.46. The number of aryl methyl sites for hydroxylation is 1. The van der Waals surface area contributed by atoms with Crippen LogP contribution in [0.15, 0.2) is 67.5 Å². The predicted octanol–water partition coefficient (Wildman–Crippen LogP) is 5.65. The molecule has 9 nitrogen and oxygen atoms in total. The van der Waals surface area contributed by atoms with E-state index in [1.807, 2.05) is 56.1 Å². The Morgan fingerprint density at radius 1 is 1.05 bits per heavy atom. The molecule has 0 fully saturated rings. The van der Waals surface area contributed by atoms with Crippen molar-refractivity contribution in [3.8, 4) is 28.3 Å². The van der Waals surface area contributed by atoms with Crippen molar-refractivity contribution in [1.82, 2.24) is 34.7 Å². The number of benzene rings is 1. The minimum absolute atomic E-state index is 0.0292. The van der Waals surface area contributed by atoms with Crippen molar-refractivity contribution in [3.05, 3.63) is 73.2 Å². The maximum Gasteiger partial charge on any atom is 0.224 e. The van der Waals surface area contributed by atoms with Crippen molar-refractivity contribution < 1.29 is 4.79 Å². The molecule has 6 rings (SSSR count). The molecule has 0 aliphatic heterocycles. The predicted molar refractivity (Wildman–Crippen MR) is 144 cm³/mol. The number of fused-ring (bicyclic) bond motifs is 2. The molecule has 0 spiro atoms. The Morgan fingerprint density at radius 2 is 1.95 bits per heavy atom. The van der Waals surface area contributed by atoms with Crippen LogP contribution in [0.3, 0.4) is 0 Å². The lowest BCUT2D eigenvalue weighted by atomic mass is 10.1. The summed E-state index contributed by atoms with van der Waals surface area (Å²) in [6, 6.07) is 12.2. The van der Waals surface area contributed by atoms with E-state index in [1.165, 1.54) is 0 Å². The van der Waals surface area contributed by atoms with Gasteiger partial charge in [-0.05, 0) is 43.2 Å². The quantitative estimate of drug-likeness (QED) is 0.279. The van der Waals surface area contributed by atoms with E-state index >= 15 is 0 Å². The normalized spacial score (nSPS) is 11.6. The number of carbonyl (C=O) groups is 1. The van der Waals surface area contributed by atoms with Crippen LogP contribution in [-0.2, 0) is 4.79 Å². The number of pyridine rings is 2. The van der Waals surface area contributed by atoms with E-state index in [9.17, 15) is 4.79 Å². The standard InChI is InChI=1S/C28H26N8O/c1-16(2)7-27(37)32-19-8-18(11-29-12-19)23-10-21-25(13-30-23)34-35-28(21)24-9-20-22(33-24)5-4-6-26(20)36-14-17(3)31-15-36/h4-6,8-16,33H,7H2,1-3H3,(H,32,37)(H,34,35). The van der Waals surface area contributed by atoms with Crippen LogP contribution in [0.25, 0.3) is 50.1 Å². The van der Waals surface area contributed by atoms with Gasteiger partial charge in [0.1, 0.15) is 5.69 Å². The number of hydrogen-bond donors (Lipinski definition) is 3. The number of nitrogens with one attached hydrogen (secondary N) is 3. The lowest BCUT2D eigenvalue weighted by Gasteiger charge is -2.08. The third-order valence-corrected chi connectivity index (χ3v) is 6.24. The van der Waals surface area contributed by atoms with Gasteiger partial charge < -0.3 is 14.9 Å². The van der Waals surface area contributed by atoms with Crippen molar-refractivity contribution in [3.63, 3.8) is 0 Å². The number of hydrogen-bond acceptors (Lipinski definition) is 5. The van der Waals surface area contributed by atoms with E-state index < -0.39 is 0 Å². The molecular formula is C28H26N8O. The van der Waals surface area contributed by atoms with Crippen LogP contribution in [0.2, 0.25) is 0 Å². The van der Waals surface area contributed by atoms with Gasteiger partial charge in [0.2, 0.25) is 5.91 Å². The summed E-state index contributed by atoms with van der Waals surface area (Å²) >= 11 is 0. The highest BCUT2D eigenvalue weighted by molar-refractivity contribution is 5.99. The zero-order chi connectivity index (χ0) is 25.5. The molecule has 0 saturated carbocycles. The third-order valence-electron chi connectivity index (χ3n) is 6.24. The average Bonchev–Trinajstić information content (AvgIpc) is 3.60. The zero-order valence-electron chi connectivity index (χ0n) is 20.8. The van der Waals surface area contributed by atoms with Gasteiger partial charge in [-0.1, -0.05) is 19.9 Å². The fourth-order valence-electron chi connectivity index (χ4n) is 4.56. The molecule has 1 amide bonds. The Labute approximate surface area is 213 Å². The van der Waals surface area contributed by atoms with E-state index in [0.29, 0.717) is 12.1 Å². The Kier molecular flexibility index (Phi) is 5.52. The molecule has 0 aliphatic rings. The molecule has 37 heavy (non-hydrogen) atoms. The molecule has 5 heterocycles. The van der Waals surface area contributed by atoms with E-state index in [1.54, 1.807) is 18.6 Å². The number of aromatic nitrogens is 7. The molecule has 6 aromatic rings. The summed E-state index contributed by atoms with van der Waals surface area (Å²) in [5, 5.41) is 12.6. The second-order valence-electron chi connectivity index (χ2n) is 9.64. The molecule has 0 atom stereocenters. The highest BCUT2D eigenvalue weighted by Crippen LogP contribution is 2.33. The summed E-state index contributed by atoms with van der Waals surface area (Å²) in [6.45, 7) is 6.01. The minimum Gasteiger partial charge on any atom is -0.353 e. The van der Waals surface area contributed by atoms with Gasteiger partial charge in [-0.2, -0.15) is 5.10 Å². The Balaban J connectivity index is 1.38. The summed E-state index contributed by atoms with van der Waals surface area (Å²) in [7, 11) is 0. The first-order valence-corrected chi connectivity index (χ1v) is 12.2. The first-order chi connectivity index (χ1) is 17.9. The molecule has 184 valence electrons. The van der Waals surface area contributed by atoms with Gasteiger partial charge in [-0.25, -0.2) is 4.98 Å². The van der Waals surface area contributed by atoms with Gasteiger partial charge in [0.15, 0.2) is 0 Å². The maximum absolute atomic E-state index is 12.2. The first-order valence-electron chi connectivity index (χ1n) is 12.2. The lowest BCUT2D eigenvalue weighted by Crippen LogP contribution is -2.13. The van der Waals surface area contributed by atoms with Gasteiger partial charge in [0.05, 0.1) is 52.7 Å². The van der Waals surface area contributed by atoms with E-state index in [0.717, 1.165) is 55.8 Å².